The Labute approximate surface area is 183 Å². The van der Waals surface area contributed by atoms with Crippen LogP contribution >= 0.6 is 0 Å². The second-order valence-electron chi connectivity index (χ2n) is 7.95. The number of carbonyl (C=O) groups excluding carboxylic acids is 2. The summed E-state index contributed by atoms with van der Waals surface area (Å²) in [6.45, 7) is 8.01. The third kappa shape index (κ3) is 5.79. The van der Waals surface area contributed by atoms with Crippen LogP contribution in [0.4, 0.5) is 11.5 Å². The molecule has 0 bridgehead atoms. The van der Waals surface area contributed by atoms with E-state index in [1.54, 1.807) is 16.6 Å². The minimum Gasteiger partial charge on any atom is -0.324 e. The SMILES string of the molecule is Cc1ccc(-n2nc(C)cc2NC(=O)CN(C)CC(=O)Nc2c(C)cccc2C)cc1. The third-order valence-electron chi connectivity index (χ3n) is 4.95. The van der Waals surface area contributed by atoms with Crippen molar-refractivity contribution in [3.63, 3.8) is 0 Å². The fraction of sp³-hybridized carbons (Fsp3) is 0.292. The van der Waals surface area contributed by atoms with E-state index in [2.05, 4.69) is 15.7 Å². The number of aromatic nitrogens is 2. The van der Waals surface area contributed by atoms with Gasteiger partial charge in [-0.3, -0.25) is 14.5 Å². The second kappa shape index (κ2) is 9.57. The van der Waals surface area contributed by atoms with Crippen molar-refractivity contribution in [1.82, 2.24) is 14.7 Å². The molecule has 2 amide bonds. The standard InChI is InChI=1S/C24H29N5O2/c1-16-9-11-20(12-10-16)29-21(13-19(4)27-29)25-22(30)14-28(5)15-23(31)26-24-17(2)7-6-8-18(24)3/h6-13H,14-15H2,1-5H3,(H,25,30)(H,26,31). The van der Waals surface area contributed by atoms with Gasteiger partial charge in [0.25, 0.3) is 0 Å². The van der Waals surface area contributed by atoms with Crippen LogP contribution in [0, 0.1) is 27.7 Å². The van der Waals surface area contributed by atoms with Crippen LogP contribution in [-0.2, 0) is 9.59 Å². The first-order chi connectivity index (χ1) is 14.7. The van der Waals surface area contributed by atoms with E-state index in [1.807, 2.05) is 76.2 Å². The molecule has 0 unspecified atom stereocenters. The molecule has 2 N–H and O–H groups in total. The van der Waals surface area contributed by atoms with E-state index in [4.69, 9.17) is 0 Å². The van der Waals surface area contributed by atoms with E-state index in [-0.39, 0.29) is 24.9 Å². The maximum Gasteiger partial charge on any atom is 0.239 e. The normalized spacial score (nSPS) is 10.9. The number of nitrogens with zero attached hydrogens (tertiary/aromatic N) is 3. The molecule has 0 spiro atoms. The van der Waals surface area contributed by atoms with Crippen LogP contribution in [0.2, 0.25) is 0 Å². The highest BCUT2D eigenvalue weighted by Gasteiger charge is 2.15. The molecule has 0 radical (unpaired) electrons. The Hall–Kier alpha value is -3.45. The fourth-order valence-corrected chi connectivity index (χ4v) is 3.39. The summed E-state index contributed by atoms with van der Waals surface area (Å²) < 4.78 is 1.71. The number of benzene rings is 2. The van der Waals surface area contributed by atoms with Gasteiger partial charge < -0.3 is 10.6 Å². The smallest absolute Gasteiger partial charge is 0.239 e. The van der Waals surface area contributed by atoms with E-state index < -0.39 is 0 Å². The van der Waals surface area contributed by atoms with Gasteiger partial charge in [-0.1, -0.05) is 35.9 Å². The van der Waals surface area contributed by atoms with E-state index in [1.165, 1.54) is 0 Å². The number of para-hydroxylation sites is 1. The average molecular weight is 420 g/mol. The molecule has 0 atom stereocenters. The summed E-state index contributed by atoms with van der Waals surface area (Å²) in [5.41, 5.74) is 5.66. The molecule has 3 rings (SSSR count). The van der Waals surface area contributed by atoms with Crippen LogP contribution < -0.4 is 10.6 Å². The molecule has 0 fully saturated rings. The lowest BCUT2D eigenvalue weighted by molar-refractivity contribution is -0.119. The molecular weight excluding hydrogens is 390 g/mol. The summed E-state index contributed by atoms with van der Waals surface area (Å²) in [5.74, 6) is 0.226. The number of anilines is 2. The van der Waals surface area contributed by atoms with Crippen molar-refractivity contribution >= 4 is 23.3 Å². The molecule has 31 heavy (non-hydrogen) atoms. The maximum atomic E-state index is 12.6. The zero-order chi connectivity index (χ0) is 22.5. The Balaban J connectivity index is 1.60. The lowest BCUT2D eigenvalue weighted by atomic mass is 10.1. The van der Waals surface area contributed by atoms with Gasteiger partial charge in [-0.2, -0.15) is 5.10 Å². The predicted molar refractivity (Wildman–Crippen MR) is 124 cm³/mol. The lowest BCUT2D eigenvalue weighted by Crippen LogP contribution is -2.36. The zero-order valence-corrected chi connectivity index (χ0v) is 18.7. The van der Waals surface area contributed by atoms with Gasteiger partial charge in [-0.15, -0.1) is 0 Å². The number of hydrogen-bond donors (Lipinski definition) is 2. The van der Waals surface area contributed by atoms with E-state index in [9.17, 15) is 9.59 Å². The van der Waals surface area contributed by atoms with Crippen LogP contribution in [0.5, 0.6) is 0 Å². The molecule has 7 heteroatoms. The Kier molecular flexibility index (Phi) is 6.87. The molecule has 2 aromatic carbocycles. The first kappa shape index (κ1) is 22.2. The van der Waals surface area contributed by atoms with Crippen LogP contribution in [0.25, 0.3) is 5.69 Å². The lowest BCUT2D eigenvalue weighted by Gasteiger charge is -2.17. The van der Waals surface area contributed by atoms with Crippen LogP contribution in [0.3, 0.4) is 0 Å². The fourth-order valence-electron chi connectivity index (χ4n) is 3.39. The molecule has 1 heterocycles. The molecule has 0 aliphatic carbocycles. The topological polar surface area (TPSA) is 79.3 Å². The Morgan fingerprint density at radius 3 is 2.10 bits per heavy atom. The maximum absolute atomic E-state index is 12.6. The first-order valence-corrected chi connectivity index (χ1v) is 10.2. The van der Waals surface area contributed by atoms with Crippen molar-refractivity contribution in [3.05, 3.63) is 70.9 Å². The number of rotatable bonds is 7. The Bertz CT molecular complexity index is 1070. The number of nitrogens with one attached hydrogen (secondary N) is 2. The van der Waals surface area contributed by atoms with Crippen LogP contribution in [0.15, 0.2) is 48.5 Å². The second-order valence-corrected chi connectivity index (χ2v) is 7.95. The quantitative estimate of drug-likeness (QED) is 0.613. The first-order valence-electron chi connectivity index (χ1n) is 10.2. The third-order valence-corrected chi connectivity index (χ3v) is 4.95. The molecule has 162 valence electrons. The molecule has 0 aliphatic rings. The van der Waals surface area contributed by atoms with Crippen LogP contribution in [0.1, 0.15) is 22.4 Å². The van der Waals surface area contributed by atoms with Gasteiger partial charge >= 0.3 is 0 Å². The van der Waals surface area contributed by atoms with Crippen molar-refractivity contribution in [2.24, 2.45) is 0 Å². The van der Waals surface area contributed by atoms with Crippen molar-refractivity contribution in [3.8, 4) is 5.69 Å². The van der Waals surface area contributed by atoms with Gasteiger partial charge in [0.2, 0.25) is 11.8 Å². The van der Waals surface area contributed by atoms with Gasteiger partial charge in [-0.05, 0) is 58.0 Å². The van der Waals surface area contributed by atoms with Gasteiger partial charge in [0.15, 0.2) is 0 Å². The highest BCUT2D eigenvalue weighted by molar-refractivity contribution is 5.95. The summed E-state index contributed by atoms with van der Waals surface area (Å²) >= 11 is 0. The number of carbonyl (C=O) groups is 2. The summed E-state index contributed by atoms with van der Waals surface area (Å²) in [6.07, 6.45) is 0. The number of aryl methyl sites for hydroxylation is 4. The largest absolute Gasteiger partial charge is 0.324 e. The molecule has 0 aliphatic heterocycles. The minimum absolute atomic E-state index is 0.0816. The molecule has 0 saturated carbocycles. The van der Waals surface area contributed by atoms with E-state index >= 15 is 0 Å². The zero-order valence-electron chi connectivity index (χ0n) is 18.7. The predicted octanol–water partition coefficient (Wildman–Crippen LogP) is 3.61. The average Bonchev–Trinajstić information content (AvgIpc) is 3.05. The van der Waals surface area contributed by atoms with Gasteiger partial charge in [0.05, 0.1) is 24.5 Å². The van der Waals surface area contributed by atoms with Crippen molar-refractivity contribution in [2.45, 2.75) is 27.7 Å². The Morgan fingerprint density at radius 2 is 1.48 bits per heavy atom. The molecular formula is C24H29N5O2. The molecule has 0 saturated heterocycles. The van der Waals surface area contributed by atoms with Gasteiger partial charge in [-0.25, -0.2) is 4.68 Å². The summed E-state index contributed by atoms with van der Waals surface area (Å²) in [5, 5.41) is 10.3. The summed E-state index contributed by atoms with van der Waals surface area (Å²) in [4.78, 5) is 26.7. The summed E-state index contributed by atoms with van der Waals surface area (Å²) in [7, 11) is 1.74. The van der Waals surface area contributed by atoms with Gasteiger partial charge in [0, 0.05) is 11.8 Å². The minimum atomic E-state index is -0.212. The van der Waals surface area contributed by atoms with Crippen molar-refractivity contribution in [1.29, 1.82) is 0 Å². The highest BCUT2D eigenvalue weighted by Crippen LogP contribution is 2.19. The molecule has 7 nitrogen and oxygen atoms in total. The number of hydrogen-bond acceptors (Lipinski definition) is 4. The van der Waals surface area contributed by atoms with E-state index in [0.29, 0.717) is 5.82 Å². The monoisotopic (exact) mass is 419 g/mol. The van der Waals surface area contributed by atoms with Crippen molar-refractivity contribution in [2.75, 3.05) is 30.8 Å². The van der Waals surface area contributed by atoms with Gasteiger partial charge in [0.1, 0.15) is 5.82 Å². The number of likely N-dealkylation sites (N-methyl/N-ethyl adjacent to an activating group) is 1. The van der Waals surface area contributed by atoms with E-state index in [0.717, 1.165) is 33.8 Å². The summed E-state index contributed by atoms with van der Waals surface area (Å²) in [6, 6.07) is 15.6. The van der Waals surface area contributed by atoms with Crippen molar-refractivity contribution < 1.29 is 9.59 Å². The highest BCUT2D eigenvalue weighted by atomic mass is 16.2. The Morgan fingerprint density at radius 1 is 0.903 bits per heavy atom. The molecule has 3 aromatic rings. The molecule has 1 aromatic heterocycles. The number of amides is 2. The van der Waals surface area contributed by atoms with Crippen LogP contribution in [-0.4, -0.2) is 46.6 Å².